The third kappa shape index (κ3) is 20.8. The third-order valence-electron chi connectivity index (χ3n) is 8.19. The molecule has 0 unspecified atom stereocenters. The number of phenols is 4. The maximum absolute atomic E-state index is 12.6. The zero-order chi connectivity index (χ0) is 50.3. The summed E-state index contributed by atoms with van der Waals surface area (Å²) in [5.74, 6) is 1.03. The average molecular weight is 1130 g/mol. The first kappa shape index (κ1) is 63.7. The number of carbonyl (C=O) groups is 1. The van der Waals surface area contributed by atoms with Crippen LogP contribution in [0.2, 0.25) is 20.1 Å². The normalized spacial score (nSPS) is 10.4. The predicted octanol–water partition coefficient (Wildman–Crippen LogP) is 2.28. The van der Waals surface area contributed by atoms with Crippen LogP contribution in [-0.2, 0) is 30.1 Å². The van der Waals surface area contributed by atoms with Crippen molar-refractivity contribution in [3.8, 4) is 51.3 Å². The zero-order valence-corrected chi connectivity index (χ0v) is 47.2. The monoisotopic (exact) mass is 1130 g/mol. The molecule has 25 heteroatoms. The molecule has 7 aromatic rings. The maximum atomic E-state index is 12.6. The van der Waals surface area contributed by atoms with Gasteiger partial charge >= 0.3 is 103 Å². The molecule has 7 aromatic carbocycles. The number of hydrogen-bond donors (Lipinski definition) is 6. The molecule has 0 radical (unpaired) electrons. The smallest absolute Gasteiger partial charge is 0.652 e. The van der Waals surface area contributed by atoms with Gasteiger partial charge in [0.25, 0.3) is 20.2 Å². The van der Waals surface area contributed by atoms with E-state index >= 15 is 0 Å². The number of halogens is 4. The van der Waals surface area contributed by atoms with E-state index in [0.29, 0.717) is 27.7 Å². The molecule has 0 amide bonds. The minimum Gasteiger partial charge on any atom is -0.652 e. The van der Waals surface area contributed by atoms with Gasteiger partial charge in [0.2, 0.25) is 9.84 Å². The summed E-state index contributed by atoms with van der Waals surface area (Å²) < 4.78 is 88.3. The Morgan fingerprint density at radius 3 is 0.899 bits per heavy atom. The molecule has 0 aliphatic carbocycles. The first-order chi connectivity index (χ1) is 31.2. The van der Waals surface area contributed by atoms with Crippen molar-refractivity contribution in [2.75, 3.05) is 0 Å². The summed E-state index contributed by atoms with van der Waals surface area (Å²) in [6.07, 6.45) is -2.33. The first-order valence-corrected chi connectivity index (χ1v) is 23.8. The molecule has 0 aliphatic rings. The summed E-state index contributed by atoms with van der Waals surface area (Å²) >= 11 is 22.5. The van der Waals surface area contributed by atoms with Gasteiger partial charge in [-0.15, -0.1) is 0 Å². The van der Waals surface area contributed by atoms with Crippen molar-refractivity contribution in [1.82, 2.24) is 0 Å². The van der Waals surface area contributed by atoms with E-state index in [9.17, 15) is 25.3 Å². The molecule has 0 heterocycles. The predicted molar refractivity (Wildman–Crippen MR) is 245 cm³/mol. The molecule has 7 rings (SSSR count). The van der Waals surface area contributed by atoms with Crippen LogP contribution >= 0.6 is 46.4 Å². The average Bonchev–Trinajstić information content (AvgIpc) is 3.25. The van der Waals surface area contributed by atoms with Crippen molar-refractivity contribution in [3.05, 3.63) is 177 Å². The summed E-state index contributed by atoms with van der Waals surface area (Å²) in [5, 5.41) is 61.6. The Hall–Kier alpha value is -3.30. The standard InChI is InChI=1S/C12H8Cl2O8S3.2C12H10O2.C7H3Cl2N.CH2O3.2K/c13-9-3-1-7(5-11(9)24(17,18)19)23(15,16)8-2-4-10(14)12(6-8)25(20,21)22;2*13-11-5-1-9(2-6-11)10-3-7-12(14)8-4-10;8-6-2-1-3-7(9)5(6)4-10;2-1(3)4;;/h1-6H,(H,17,18,19)(H,20,21,22);2*1-8,13-14H;1-3H;(H2,2,3,4);;/q;;;;;2*+1/p-2. The van der Waals surface area contributed by atoms with E-state index < -0.39 is 65.9 Å². The van der Waals surface area contributed by atoms with Gasteiger partial charge in [0.1, 0.15) is 38.9 Å². The van der Waals surface area contributed by atoms with Gasteiger partial charge in [0.15, 0.2) is 0 Å². The van der Waals surface area contributed by atoms with Crippen LogP contribution < -0.4 is 113 Å². The minimum atomic E-state index is -4.79. The fourth-order valence-corrected chi connectivity index (χ4v) is 9.00. The van der Waals surface area contributed by atoms with Gasteiger partial charge in [-0.1, -0.05) is 101 Å². The maximum Gasteiger partial charge on any atom is 1.00 e. The summed E-state index contributed by atoms with van der Waals surface area (Å²) in [5.41, 5.74) is 4.40. The van der Waals surface area contributed by atoms with Crippen LogP contribution in [0.3, 0.4) is 0 Å². The van der Waals surface area contributed by atoms with Gasteiger partial charge in [-0.3, -0.25) is 9.11 Å². The molecule has 0 aromatic heterocycles. The molecule has 6 N–H and O–H groups in total. The molecule has 350 valence electrons. The Labute approximate surface area is 501 Å². The minimum absolute atomic E-state index is 0. The Kier molecular flexibility index (Phi) is 27.0. The first-order valence-electron chi connectivity index (χ1n) is 17.9. The fourth-order valence-electron chi connectivity index (χ4n) is 5.05. The number of nitrogens with zero attached hydrogens (tertiary/aromatic N) is 1. The van der Waals surface area contributed by atoms with Crippen molar-refractivity contribution < 1.29 is 173 Å². The molecule has 0 fully saturated rings. The molecule has 0 saturated heterocycles. The Balaban J connectivity index is 0.000000466. The van der Waals surface area contributed by atoms with Gasteiger partial charge in [0.05, 0.1) is 35.4 Å². The second-order valence-corrected chi connectivity index (χ2v) is 19.1. The van der Waals surface area contributed by atoms with Crippen molar-refractivity contribution in [3.63, 3.8) is 0 Å². The molecular weight excluding hydrogens is 1100 g/mol. The molecule has 0 atom stereocenters. The fraction of sp³-hybridized carbons (Fsp3) is 0. The molecule has 0 saturated carbocycles. The van der Waals surface area contributed by atoms with Gasteiger partial charge in [-0.05, 0) is 125 Å². The van der Waals surface area contributed by atoms with Crippen LogP contribution in [0.5, 0.6) is 23.0 Å². The van der Waals surface area contributed by atoms with Crippen molar-refractivity contribution >= 4 is 82.6 Å². The van der Waals surface area contributed by atoms with Crippen molar-refractivity contribution in [2.45, 2.75) is 19.6 Å². The Morgan fingerprint density at radius 2 is 0.696 bits per heavy atom. The SMILES string of the molecule is N#Cc1c(Cl)cccc1Cl.O=C([O-])[O-].O=S(=O)(O)c1cc(S(=O)(=O)c2ccc(Cl)c(S(=O)(=O)O)c2)ccc1Cl.Oc1ccc(-c2ccc(O)cc2)cc1.Oc1ccc(-c2ccc(O)cc2)cc1.[K+].[K+]. The van der Waals surface area contributed by atoms with Crippen molar-refractivity contribution in [1.29, 1.82) is 5.26 Å². The number of carbonyl (C=O) groups excluding carboxylic acids is 1. The largest absolute Gasteiger partial charge is 1.00 e. The van der Waals surface area contributed by atoms with Crippen LogP contribution in [-0.4, -0.2) is 60.9 Å². The topological polar surface area (TPSA) is 311 Å². The van der Waals surface area contributed by atoms with Crippen LogP contribution in [0.25, 0.3) is 22.3 Å². The van der Waals surface area contributed by atoms with Crippen molar-refractivity contribution in [2.24, 2.45) is 0 Å². The molecule has 0 spiro atoms. The number of rotatable bonds is 6. The third-order valence-corrected chi connectivity index (χ3v) is 13.2. The van der Waals surface area contributed by atoms with E-state index in [1.54, 1.807) is 66.7 Å². The van der Waals surface area contributed by atoms with Gasteiger partial charge in [-0.25, -0.2) is 8.42 Å². The van der Waals surface area contributed by atoms with E-state index in [2.05, 4.69) is 0 Å². The Bertz CT molecular complexity index is 2940. The van der Waals surface area contributed by atoms with Gasteiger partial charge in [-0.2, -0.15) is 22.1 Å². The molecular formula is C44H31Cl4K2NO15S3. The molecule has 69 heavy (non-hydrogen) atoms. The number of nitriles is 1. The molecule has 0 bridgehead atoms. The quantitative estimate of drug-likeness (QED) is 0.103. The second kappa shape index (κ2) is 29.3. The van der Waals surface area contributed by atoms with E-state index in [1.165, 1.54) is 0 Å². The van der Waals surface area contributed by atoms with Gasteiger partial charge < -0.3 is 35.4 Å². The van der Waals surface area contributed by atoms with Crippen LogP contribution in [0.1, 0.15) is 5.56 Å². The summed E-state index contributed by atoms with van der Waals surface area (Å²) in [4.78, 5) is 5.51. The Morgan fingerprint density at radius 1 is 0.449 bits per heavy atom. The van der Waals surface area contributed by atoms with E-state index in [1.807, 2.05) is 54.6 Å². The number of carboxylic acid groups (broad SMARTS) is 2. The van der Waals surface area contributed by atoms with E-state index in [4.69, 9.17) is 96.2 Å². The summed E-state index contributed by atoms with van der Waals surface area (Å²) in [6, 6.07) is 39.7. The molecule has 0 aliphatic heterocycles. The van der Waals surface area contributed by atoms with Crippen LogP contribution in [0.4, 0.5) is 4.79 Å². The number of benzene rings is 7. The zero-order valence-electron chi connectivity index (χ0n) is 35.5. The van der Waals surface area contributed by atoms with E-state index in [-0.39, 0.29) is 126 Å². The van der Waals surface area contributed by atoms with Gasteiger partial charge in [0, 0.05) is 0 Å². The second-order valence-electron chi connectivity index (χ2n) is 12.8. The summed E-state index contributed by atoms with van der Waals surface area (Å²) in [6.45, 7) is 0. The number of aromatic hydroxyl groups is 4. The van der Waals surface area contributed by atoms with Crippen LogP contribution in [0.15, 0.2) is 171 Å². The number of phenolic OH excluding ortho intramolecular Hbond substituents is 4. The van der Waals surface area contributed by atoms with E-state index in [0.717, 1.165) is 46.5 Å². The van der Waals surface area contributed by atoms with Crippen LogP contribution in [0, 0.1) is 11.3 Å². The number of hydrogen-bond acceptors (Lipinski definition) is 14. The summed E-state index contributed by atoms with van der Waals surface area (Å²) in [7, 11) is -14.0. The number of sulfone groups is 1. The molecule has 16 nitrogen and oxygen atoms in total.